The van der Waals surface area contributed by atoms with Crippen molar-refractivity contribution in [3.63, 3.8) is 0 Å². The Bertz CT molecular complexity index is 745. The smallest absolute Gasteiger partial charge is 0.276 e. The summed E-state index contributed by atoms with van der Waals surface area (Å²) in [5, 5.41) is 12.6. The summed E-state index contributed by atoms with van der Waals surface area (Å²) >= 11 is 0. The number of halogens is 1. The van der Waals surface area contributed by atoms with Crippen LogP contribution in [0.5, 0.6) is 11.5 Å². The Balaban J connectivity index is 1.87. The lowest BCUT2D eigenvalue weighted by Crippen LogP contribution is -2.25. The molecule has 23 heavy (non-hydrogen) atoms. The molecule has 1 aromatic carbocycles. The second kappa shape index (κ2) is 6.25. The molecule has 1 aromatic heterocycles. The Labute approximate surface area is 132 Å². The number of rotatable bonds is 4. The molecule has 0 saturated heterocycles. The van der Waals surface area contributed by atoms with Crippen molar-refractivity contribution >= 4 is 11.6 Å². The maximum Gasteiger partial charge on any atom is 0.276 e. The van der Waals surface area contributed by atoms with Gasteiger partial charge in [-0.3, -0.25) is 9.89 Å². The number of nitrogens with one attached hydrogen (secondary N) is 3. The maximum absolute atomic E-state index is 14.1. The van der Waals surface area contributed by atoms with Gasteiger partial charge in [-0.2, -0.15) is 5.10 Å². The molecule has 2 aromatic rings. The third-order valence-corrected chi connectivity index (χ3v) is 3.74. The summed E-state index contributed by atoms with van der Waals surface area (Å²) in [5.74, 6) is -0.505. The second-order valence-corrected chi connectivity index (χ2v) is 5.10. The minimum Gasteiger partial charge on any atom is -0.493 e. The zero-order valence-electron chi connectivity index (χ0n) is 12.8. The molecule has 1 aliphatic heterocycles. The van der Waals surface area contributed by atoms with Crippen LogP contribution in [0.25, 0.3) is 0 Å². The lowest BCUT2D eigenvalue weighted by atomic mass is 10.1. The van der Waals surface area contributed by atoms with Crippen LogP contribution < -0.4 is 20.1 Å². The third-order valence-electron chi connectivity index (χ3n) is 3.74. The van der Waals surface area contributed by atoms with Gasteiger partial charge in [0.25, 0.3) is 5.91 Å². The summed E-state index contributed by atoms with van der Waals surface area (Å²) in [6, 6.07) is 2.54. The van der Waals surface area contributed by atoms with Crippen molar-refractivity contribution in [3.8, 4) is 11.5 Å². The molecule has 0 saturated carbocycles. The van der Waals surface area contributed by atoms with Gasteiger partial charge in [-0.15, -0.1) is 0 Å². The number of hydrogen-bond acceptors (Lipinski definition) is 5. The number of carbonyl (C=O) groups is 1. The summed E-state index contributed by atoms with van der Waals surface area (Å²) in [4.78, 5) is 12.4. The molecule has 0 fully saturated rings. The summed E-state index contributed by atoms with van der Waals surface area (Å²) in [6.45, 7) is 1.39. The van der Waals surface area contributed by atoms with Gasteiger partial charge in [-0.05, 0) is 0 Å². The van der Waals surface area contributed by atoms with Crippen LogP contribution in [0.15, 0.2) is 12.1 Å². The molecule has 0 unspecified atom stereocenters. The molecular formula is C15H17FN4O3. The van der Waals surface area contributed by atoms with E-state index < -0.39 is 11.7 Å². The number of anilines is 1. The second-order valence-electron chi connectivity index (χ2n) is 5.10. The van der Waals surface area contributed by atoms with E-state index in [0.717, 1.165) is 30.3 Å². The third kappa shape index (κ3) is 2.85. The number of ether oxygens (including phenoxy) is 2. The van der Waals surface area contributed by atoms with Gasteiger partial charge in [0.05, 0.1) is 19.9 Å². The van der Waals surface area contributed by atoms with Crippen LogP contribution in [0.1, 0.15) is 21.7 Å². The largest absolute Gasteiger partial charge is 0.493 e. The molecule has 2 heterocycles. The van der Waals surface area contributed by atoms with Crippen LogP contribution in [0.4, 0.5) is 10.1 Å². The number of nitrogens with zero attached hydrogens (tertiary/aromatic N) is 1. The molecule has 7 nitrogen and oxygen atoms in total. The zero-order chi connectivity index (χ0) is 16.4. The van der Waals surface area contributed by atoms with Crippen molar-refractivity contribution in [3.05, 3.63) is 34.9 Å². The van der Waals surface area contributed by atoms with Crippen molar-refractivity contribution in [2.75, 3.05) is 26.1 Å². The van der Waals surface area contributed by atoms with Crippen LogP contribution in [-0.4, -0.2) is 36.9 Å². The molecule has 0 aliphatic carbocycles. The van der Waals surface area contributed by atoms with Crippen molar-refractivity contribution in [1.82, 2.24) is 15.5 Å². The maximum atomic E-state index is 14.1. The number of aromatic nitrogens is 2. The van der Waals surface area contributed by atoms with Crippen LogP contribution in [-0.2, 0) is 13.0 Å². The molecular weight excluding hydrogens is 303 g/mol. The fraction of sp³-hybridized carbons (Fsp3) is 0.333. The molecule has 3 rings (SSSR count). The Morgan fingerprint density at radius 1 is 1.30 bits per heavy atom. The summed E-state index contributed by atoms with van der Waals surface area (Å²) < 4.78 is 24.2. The highest BCUT2D eigenvalue weighted by atomic mass is 19.1. The number of aromatic amines is 1. The first-order valence-corrected chi connectivity index (χ1v) is 7.13. The van der Waals surface area contributed by atoms with Crippen molar-refractivity contribution < 1.29 is 18.7 Å². The number of methoxy groups -OCH3 is 2. The topological polar surface area (TPSA) is 88.3 Å². The lowest BCUT2D eigenvalue weighted by Gasteiger charge is -2.14. The monoisotopic (exact) mass is 320 g/mol. The first-order chi connectivity index (χ1) is 11.1. The minimum atomic E-state index is -0.612. The van der Waals surface area contributed by atoms with Crippen LogP contribution >= 0.6 is 0 Å². The number of hydrogen-bond donors (Lipinski definition) is 3. The molecule has 0 radical (unpaired) electrons. The Morgan fingerprint density at radius 2 is 2.04 bits per heavy atom. The van der Waals surface area contributed by atoms with Crippen LogP contribution in [0.2, 0.25) is 0 Å². The fourth-order valence-electron chi connectivity index (χ4n) is 2.54. The molecule has 8 heteroatoms. The highest BCUT2D eigenvalue weighted by molar-refractivity contribution is 6.04. The number of fused-ring (bicyclic) bond motifs is 1. The summed E-state index contributed by atoms with van der Waals surface area (Å²) in [6.07, 6.45) is 0.778. The predicted molar refractivity (Wildman–Crippen MR) is 81.5 cm³/mol. The number of H-pyrrole nitrogens is 1. The molecule has 1 amide bonds. The van der Waals surface area contributed by atoms with Gasteiger partial charge in [0, 0.05) is 42.9 Å². The van der Waals surface area contributed by atoms with E-state index in [2.05, 4.69) is 20.8 Å². The van der Waals surface area contributed by atoms with Crippen molar-refractivity contribution in [1.29, 1.82) is 0 Å². The van der Waals surface area contributed by atoms with Crippen LogP contribution in [0, 0.1) is 5.82 Å². The van der Waals surface area contributed by atoms with Gasteiger partial charge in [-0.1, -0.05) is 0 Å². The normalized spacial score (nSPS) is 13.3. The average molecular weight is 320 g/mol. The number of carbonyl (C=O) groups excluding carboxylic acids is 1. The highest BCUT2D eigenvalue weighted by Gasteiger charge is 2.23. The van der Waals surface area contributed by atoms with Gasteiger partial charge in [0.1, 0.15) is 0 Å². The quantitative estimate of drug-likeness (QED) is 0.794. The molecule has 0 bridgehead atoms. The van der Waals surface area contributed by atoms with E-state index >= 15 is 0 Å². The standard InChI is InChI=1S/C15H17FN4O3/c1-22-12-5-9(16)11(6-13(12)23-2)18-15(21)14-8-7-17-4-3-10(8)19-20-14/h5-6,17H,3-4,7H2,1-2H3,(H,18,21)(H,19,20). The highest BCUT2D eigenvalue weighted by Crippen LogP contribution is 2.32. The molecule has 0 atom stereocenters. The first-order valence-electron chi connectivity index (χ1n) is 7.13. The van der Waals surface area contributed by atoms with Gasteiger partial charge < -0.3 is 20.1 Å². The molecule has 1 aliphatic rings. The van der Waals surface area contributed by atoms with E-state index in [1.807, 2.05) is 0 Å². The average Bonchev–Trinajstić information content (AvgIpc) is 3.00. The van der Waals surface area contributed by atoms with E-state index in [-0.39, 0.29) is 17.1 Å². The summed E-state index contributed by atoms with van der Waals surface area (Å²) in [7, 11) is 2.86. The SMILES string of the molecule is COc1cc(F)c(NC(=O)c2n[nH]c3c2CNCC3)cc1OC. The Hall–Kier alpha value is -2.61. The van der Waals surface area contributed by atoms with Crippen molar-refractivity contribution in [2.24, 2.45) is 0 Å². The minimum absolute atomic E-state index is 0.00756. The van der Waals surface area contributed by atoms with Crippen LogP contribution in [0.3, 0.4) is 0 Å². The number of benzene rings is 1. The molecule has 0 spiro atoms. The Morgan fingerprint density at radius 3 is 2.78 bits per heavy atom. The van der Waals surface area contributed by atoms with E-state index in [9.17, 15) is 9.18 Å². The molecule has 122 valence electrons. The van der Waals surface area contributed by atoms with E-state index in [0.29, 0.717) is 12.3 Å². The van der Waals surface area contributed by atoms with E-state index in [1.165, 1.54) is 20.3 Å². The zero-order valence-corrected chi connectivity index (χ0v) is 12.8. The lowest BCUT2D eigenvalue weighted by molar-refractivity contribution is 0.102. The van der Waals surface area contributed by atoms with Gasteiger partial charge >= 0.3 is 0 Å². The van der Waals surface area contributed by atoms with E-state index in [4.69, 9.17) is 9.47 Å². The predicted octanol–water partition coefficient (Wildman–Crippen LogP) is 1.46. The fourth-order valence-corrected chi connectivity index (χ4v) is 2.54. The molecule has 3 N–H and O–H groups in total. The van der Waals surface area contributed by atoms with E-state index in [1.54, 1.807) is 0 Å². The number of amides is 1. The van der Waals surface area contributed by atoms with Crippen molar-refractivity contribution in [2.45, 2.75) is 13.0 Å². The Kier molecular flexibility index (Phi) is 4.16. The summed E-state index contributed by atoms with van der Waals surface area (Å²) in [5.41, 5.74) is 2.02. The first kappa shape index (κ1) is 15.3. The van der Waals surface area contributed by atoms with Gasteiger partial charge in [0.15, 0.2) is 23.0 Å². The van der Waals surface area contributed by atoms with Gasteiger partial charge in [-0.25, -0.2) is 4.39 Å². The van der Waals surface area contributed by atoms with Gasteiger partial charge in [0.2, 0.25) is 0 Å².